The molecule has 19 heavy (non-hydrogen) atoms. The fraction of sp³-hybridized carbons (Fsp3) is 0.643. The van der Waals surface area contributed by atoms with E-state index in [0.29, 0.717) is 18.1 Å². The molecule has 0 radical (unpaired) electrons. The van der Waals surface area contributed by atoms with Crippen LogP contribution < -0.4 is 5.32 Å². The standard InChI is InChI=1S/C14H24ClN3O/c1-3-7-16-14-6-5-12(15)13(17-14)11-18(8-4-2)9-10-19/h5-6,19H,3-4,7-11H2,1-2H3,(H,16,17). The van der Waals surface area contributed by atoms with Gasteiger partial charge in [-0.2, -0.15) is 0 Å². The lowest BCUT2D eigenvalue weighted by Gasteiger charge is -2.21. The van der Waals surface area contributed by atoms with Gasteiger partial charge in [-0.25, -0.2) is 4.98 Å². The molecule has 0 aromatic carbocycles. The van der Waals surface area contributed by atoms with Crippen LogP contribution in [0.5, 0.6) is 0 Å². The Kier molecular flexibility index (Phi) is 7.79. The average molecular weight is 286 g/mol. The second-order valence-corrected chi connectivity index (χ2v) is 4.96. The summed E-state index contributed by atoms with van der Waals surface area (Å²) in [5.41, 5.74) is 0.865. The lowest BCUT2D eigenvalue weighted by atomic mass is 10.3. The molecule has 0 saturated heterocycles. The first kappa shape index (κ1) is 16.2. The first-order valence-corrected chi connectivity index (χ1v) is 7.31. The van der Waals surface area contributed by atoms with Crippen molar-refractivity contribution < 1.29 is 5.11 Å². The molecule has 0 spiro atoms. The predicted octanol–water partition coefficient (Wildman–Crippen LogP) is 2.76. The van der Waals surface area contributed by atoms with Crippen molar-refractivity contribution in [2.24, 2.45) is 0 Å². The Labute approximate surface area is 120 Å². The lowest BCUT2D eigenvalue weighted by Crippen LogP contribution is -2.28. The van der Waals surface area contributed by atoms with Crippen LogP contribution >= 0.6 is 11.6 Å². The number of aliphatic hydroxyl groups is 1. The number of pyridine rings is 1. The number of anilines is 1. The van der Waals surface area contributed by atoms with Gasteiger partial charge < -0.3 is 10.4 Å². The molecule has 1 heterocycles. The average Bonchev–Trinajstić information content (AvgIpc) is 2.40. The topological polar surface area (TPSA) is 48.4 Å². The summed E-state index contributed by atoms with van der Waals surface area (Å²) in [6.07, 6.45) is 2.11. The highest BCUT2D eigenvalue weighted by molar-refractivity contribution is 6.31. The van der Waals surface area contributed by atoms with Gasteiger partial charge in [-0.15, -0.1) is 0 Å². The van der Waals surface area contributed by atoms with E-state index >= 15 is 0 Å². The largest absolute Gasteiger partial charge is 0.395 e. The van der Waals surface area contributed by atoms with Gasteiger partial charge in [0.25, 0.3) is 0 Å². The van der Waals surface area contributed by atoms with Gasteiger partial charge in [0.1, 0.15) is 5.82 Å². The number of hydrogen-bond acceptors (Lipinski definition) is 4. The number of nitrogens with zero attached hydrogens (tertiary/aromatic N) is 2. The van der Waals surface area contributed by atoms with Gasteiger partial charge in [-0.05, 0) is 31.5 Å². The Bertz CT molecular complexity index is 368. The van der Waals surface area contributed by atoms with Crippen LogP contribution in [0.25, 0.3) is 0 Å². The predicted molar refractivity (Wildman–Crippen MR) is 80.7 cm³/mol. The van der Waals surface area contributed by atoms with Crippen LogP contribution in [0.3, 0.4) is 0 Å². The summed E-state index contributed by atoms with van der Waals surface area (Å²) < 4.78 is 0. The van der Waals surface area contributed by atoms with Crippen molar-refractivity contribution in [2.75, 3.05) is 31.6 Å². The third-order valence-electron chi connectivity index (χ3n) is 2.80. The van der Waals surface area contributed by atoms with E-state index in [9.17, 15) is 0 Å². The van der Waals surface area contributed by atoms with Crippen LogP contribution in [0.2, 0.25) is 5.02 Å². The zero-order valence-corrected chi connectivity index (χ0v) is 12.6. The van der Waals surface area contributed by atoms with Crippen LogP contribution in [-0.2, 0) is 6.54 Å². The zero-order valence-electron chi connectivity index (χ0n) is 11.8. The molecular weight excluding hydrogens is 262 g/mol. The second kappa shape index (κ2) is 9.13. The van der Waals surface area contributed by atoms with E-state index in [1.165, 1.54) is 0 Å². The Morgan fingerprint density at radius 3 is 2.68 bits per heavy atom. The van der Waals surface area contributed by atoms with E-state index in [2.05, 4.69) is 29.0 Å². The molecule has 0 atom stereocenters. The van der Waals surface area contributed by atoms with E-state index < -0.39 is 0 Å². The quantitative estimate of drug-likeness (QED) is 0.732. The van der Waals surface area contributed by atoms with Crippen LogP contribution in [0.15, 0.2) is 12.1 Å². The molecular formula is C14H24ClN3O. The number of nitrogens with one attached hydrogen (secondary N) is 1. The molecule has 1 aromatic heterocycles. The smallest absolute Gasteiger partial charge is 0.126 e. The minimum absolute atomic E-state index is 0.158. The summed E-state index contributed by atoms with van der Waals surface area (Å²) in [6, 6.07) is 3.78. The number of aliphatic hydroxyl groups excluding tert-OH is 1. The number of hydrogen-bond donors (Lipinski definition) is 2. The van der Waals surface area contributed by atoms with E-state index in [0.717, 1.165) is 37.4 Å². The summed E-state index contributed by atoms with van der Waals surface area (Å²) in [5, 5.41) is 13.0. The van der Waals surface area contributed by atoms with Crippen molar-refractivity contribution in [2.45, 2.75) is 33.2 Å². The normalized spacial score (nSPS) is 11.0. The van der Waals surface area contributed by atoms with Crippen molar-refractivity contribution >= 4 is 17.4 Å². The Morgan fingerprint density at radius 2 is 2.05 bits per heavy atom. The Balaban J connectivity index is 2.73. The molecule has 1 rings (SSSR count). The van der Waals surface area contributed by atoms with Crippen molar-refractivity contribution in [1.82, 2.24) is 9.88 Å². The summed E-state index contributed by atoms with van der Waals surface area (Å²) in [7, 11) is 0. The molecule has 0 fully saturated rings. The van der Waals surface area contributed by atoms with Gasteiger partial charge in [0.2, 0.25) is 0 Å². The summed E-state index contributed by atoms with van der Waals surface area (Å²) in [5.74, 6) is 0.863. The minimum Gasteiger partial charge on any atom is -0.395 e. The monoisotopic (exact) mass is 285 g/mol. The van der Waals surface area contributed by atoms with Crippen LogP contribution in [0, 0.1) is 0 Å². The third kappa shape index (κ3) is 5.76. The molecule has 0 unspecified atom stereocenters. The van der Waals surface area contributed by atoms with Crippen LogP contribution in [0.4, 0.5) is 5.82 Å². The molecule has 0 aliphatic carbocycles. The highest BCUT2D eigenvalue weighted by atomic mass is 35.5. The van der Waals surface area contributed by atoms with Crippen LogP contribution in [-0.4, -0.2) is 41.2 Å². The molecule has 0 aliphatic heterocycles. The number of halogens is 1. The molecule has 1 aromatic rings. The van der Waals surface area contributed by atoms with E-state index in [-0.39, 0.29) is 6.61 Å². The van der Waals surface area contributed by atoms with Gasteiger partial charge in [0, 0.05) is 19.6 Å². The molecule has 108 valence electrons. The van der Waals surface area contributed by atoms with E-state index in [1.54, 1.807) is 0 Å². The molecule has 0 amide bonds. The molecule has 2 N–H and O–H groups in total. The maximum atomic E-state index is 9.07. The van der Waals surface area contributed by atoms with Gasteiger partial charge in [0.05, 0.1) is 17.3 Å². The molecule has 4 nitrogen and oxygen atoms in total. The minimum atomic E-state index is 0.158. The summed E-state index contributed by atoms with van der Waals surface area (Å²) in [6.45, 7) is 7.57. The van der Waals surface area contributed by atoms with Crippen molar-refractivity contribution in [3.8, 4) is 0 Å². The summed E-state index contributed by atoms with van der Waals surface area (Å²) >= 11 is 6.20. The SMILES string of the molecule is CCCNc1ccc(Cl)c(CN(CCC)CCO)n1. The second-order valence-electron chi connectivity index (χ2n) is 4.55. The first-order chi connectivity index (χ1) is 9.21. The number of aromatic nitrogens is 1. The maximum Gasteiger partial charge on any atom is 0.126 e. The third-order valence-corrected chi connectivity index (χ3v) is 3.15. The number of rotatable bonds is 9. The lowest BCUT2D eigenvalue weighted by molar-refractivity contribution is 0.189. The first-order valence-electron chi connectivity index (χ1n) is 6.93. The maximum absolute atomic E-state index is 9.07. The fourth-order valence-corrected chi connectivity index (χ4v) is 2.05. The Hall–Kier alpha value is -0.840. The van der Waals surface area contributed by atoms with Crippen LogP contribution in [0.1, 0.15) is 32.4 Å². The van der Waals surface area contributed by atoms with Gasteiger partial charge in [-0.3, -0.25) is 4.90 Å². The highest BCUT2D eigenvalue weighted by Crippen LogP contribution is 2.18. The van der Waals surface area contributed by atoms with Crippen molar-refractivity contribution in [3.63, 3.8) is 0 Å². The van der Waals surface area contributed by atoms with E-state index in [1.807, 2.05) is 12.1 Å². The fourth-order valence-electron chi connectivity index (χ4n) is 1.89. The summed E-state index contributed by atoms with van der Waals surface area (Å²) in [4.78, 5) is 6.71. The van der Waals surface area contributed by atoms with Gasteiger partial charge in [0.15, 0.2) is 0 Å². The van der Waals surface area contributed by atoms with Crippen molar-refractivity contribution in [3.05, 3.63) is 22.8 Å². The molecule has 0 saturated carbocycles. The molecule has 0 bridgehead atoms. The highest BCUT2D eigenvalue weighted by Gasteiger charge is 2.09. The molecule has 0 aliphatic rings. The Morgan fingerprint density at radius 1 is 1.26 bits per heavy atom. The zero-order chi connectivity index (χ0) is 14.1. The van der Waals surface area contributed by atoms with Crippen molar-refractivity contribution in [1.29, 1.82) is 0 Å². The van der Waals surface area contributed by atoms with Gasteiger partial charge in [-0.1, -0.05) is 25.4 Å². The van der Waals surface area contributed by atoms with Gasteiger partial charge >= 0.3 is 0 Å². The van der Waals surface area contributed by atoms with E-state index in [4.69, 9.17) is 16.7 Å². The molecule has 5 heteroatoms.